The van der Waals surface area contributed by atoms with Gasteiger partial charge >= 0.3 is 0 Å². The van der Waals surface area contributed by atoms with Crippen molar-refractivity contribution < 1.29 is 4.79 Å². The molecule has 0 N–H and O–H groups in total. The predicted molar refractivity (Wildman–Crippen MR) is 85.9 cm³/mol. The van der Waals surface area contributed by atoms with Gasteiger partial charge < -0.3 is 9.80 Å². The number of fused-ring (bicyclic) bond motifs is 1. The maximum absolute atomic E-state index is 12.8. The summed E-state index contributed by atoms with van der Waals surface area (Å²) in [7, 11) is 2.08. The molecule has 2 aromatic rings. The van der Waals surface area contributed by atoms with E-state index in [0.29, 0.717) is 6.54 Å². The fraction of sp³-hybridized carbons (Fsp3) is 0.375. The first-order valence-corrected chi connectivity index (χ1v) is 7.96. The molecule has 4 nitrogen and oxygen atoms in total. The van der Waals surface area contributed by atoms with Crippen molar-refractivity contribution in [2.75, 3.05) is 18.5 Å². The summed E-state index contributed by atoms with van der Waals surface area (Å²) < 4.78 is 0. The lowest BCUT2D eigenvalue weighted by Gasteiger charge is -2.28. The van der Waals surface area contributed by atoms with Crippen molar-refractivity contribution in [1.29, 1.82) is 0 Å². The molecule has 1 aromatic heterocycles. The quantitative estimate of drug-likeness (QED) is 0.812. The molecule has 1 unspecified atom stereocenters. The SMILES string of the molecule is Cc1ncsc1C(=O)N1Cc2ccccc2N(C)CC1C. The van der Waals surface area contributed by atoms with Crippen molar-refractivity contribution in [3.63, 3.8) is 0 Å². The second kappa shape index (κ2) is 5.48. The highest BCUT2D eigenvalue weighted by Crippen LogP contribution is 2.28. The highest BCUT2D eigenvalue weighted by molar-refractivity contribution is 7.11. The lowest BCUT2D eigenvalue weighted by Crippen LogP contribution is -2.41. The zero-order valence-electron chi connectivity index (χ0n) is 12.5. The van der Waals surface area contributed by atoms with Crippen LogP contribution >= 0.6 is 11.3 Å². The van der Waals surface area contributed by atoms with Gasteiger partial charge in [0.25, 0.3) is 5.91 Å². The smallest absolute Gasteiger partial charge is 0.266 e. The number of anilines is 1. The topological polar surface area (TPSA) is 36.4 Å². The van der Waals surface area contributed by atoms with E-state index in [9.17, 15) is 4.79 Å². The summed E-state index contributed by atoms with van der Waals surface area (Å²) in [5, 5.41) is 0. The van der Waals surface area contributed by atoms with Crippen molar-refractivity contribution in [3.05, 3.63) is 45.9 Å². The highest BCUT2D eigenvalue weighted by atomic mass is 32.1. The standard InChI is InChI=1S/C16H19N3OS/c1-11-8-18(3)14-7-5-4-6-13(14)9-19(11)16(20)15-12(2)17-10-21-15/h4-7,10-11H,8-9H2,1-3H3. The van der Waals surface area contributed by atoms with Gasteiger partial charge in [0.15, 0.2) is 0 Å². The number of benzene rings is 1. The van der Waals surface area contributed by atoms with Crippen LogP contribution < -0.4 is 4.90 Å². The first-order valence-electron chi connectivity index (χ1n) is 7.08. The first kappa shape index (κ1) is 14.1. The lowest BCUT2D eigenvalue weighted by molar-refractivity contribution is 0.0691. The lowest BCUT2D eigenvalue weighted by atomic mass is 10.1. The van der Waals surface area contributed by atoms with Gasteiger partial charge in [-0.25, -0.2) is 4.98 Å². The number of rotatable bonds is 1. The molecule has 1 aliphatic heterocycles. The van der Waals surface area contributed by atoms with E-state index in [1.807, 2.05) is 24.0 Å². The third-order valence-electron chi connectivity index (χ3n) is 4.01. The third-order valence-corrected chi connectivity index (χ3v) is 4.93. The van der Waals surface area contributed by atoms with Crippen molar-refractivity contribution in [2.45, 2.75) is 26.4 Å². The van der Waals surface area contributed by atoms with Crippen LogP contribution in [0, 0.1) is 6.92 Å². The number of nitrogens with zero attached hydrogens (tertiary/aromatic N) is 3. The molecule has 21 heavy (non-hydrogen) atoms. The van der Waals surface area contributed by atoms with Crippen molar-refractivity contribution in [1.82, 2.24) is 9.88 Å². The van der Waals surface area contributed by atoms with Crippen molar-refractivity contribution in [3.8, 4) is 0 Å². The van der Waals surface area contributed by atoms with Crippen LogP contribution in [0.25, 0.3) is 0 Å². The van der Waals surface area contributed by atoms with Crippen LogP contribution in [0.4, 0.5) is 5.69 Å². The summed E-state index contributed by atoms with van der Waals surface area (Å²) in [4.78, 5) is 22.0. The van der Waals surface area contributed by atoms with E-state index in [-0.39, 0.29) is 11.9 Å². The van der Waals surface area contributed by atoms with E-state index in [4.69, 9.17) is 0 Å². The van der Waals surface area contributed by atoms with Crippen LogP contribution in [-0.4, -0.2) is 35.4 Å². The van der Waals surface area contributed by atoms with E-state index < -0.39 is 0 Å². The van der Waals surface area contributed by atoms with Crippen molar-refractivity contribution >= 4 is 22.9 Å². The van der Waals surface area contributed by atoms with Gasteiger partial charge in [-0.2, -0.15) is 0 Å². The molecule has 0 spiro atoms. The molecule has 1 amide bonds. The van der Waals surface area contributed by atoms with Gasteiger partial charge in [-0.3, -0.25) is 4.79 Å². The summed E-state index contributed by atoms with van der Waals surface area (Å²) in [5.74, 6) is 0.0904. The maximum atomic E-state index is 12.8. The highest BCUT2D eigenvalue weighted by Gasteiger charge is 2.29. The number of aromatic nitrogens is 1. The second-order valence-electron chi connectivity index (χ2n) is 5.56. The van der Waals surface area contributed by atoms with E-state index in [1.165, 1.54) is 22.6 Å². The fourth-order valence-electron chi connectivity index (χ4n) is 2.86. The maximum Gasteiger partial charge on any atom is 0.266 e. The summed E-state index contributed by atoms with van der Waals surface area (Å²) in [6, 6.07) is 8.46. The minimum atomic E-state index is 0.0904. The molecule has 0 bridgehead atoms. The van der Waals surface area contributed by atoms with Gasteiger partial charge in [-0.1, -0.05) is 18.2 Å². The Kier molecular flexibility index (Phi) is 3.68. The molecular formula is C16H19N3OS. The van der Waals surface area contributed by atoms with Gasteiger partial charge in [-0.05, 0) is 25.5 Å². The molecule has 1 aliphatic rings. The first-order chi connectivity index (χ1) is 10.1. The largest absolute Gasteiger partial charge is 0.372 e. The molecule has 0 fully saturated rings. The van der Waals surface area contributed by atoms with Gasteiger partial charge in [0.1, 0.15) is 4.88 Å². The van der Waals surface area contributed by atoms with Crippen LogP contribution in [0.1, 0.15) is 27.9 Å². The number of carbonyl (C=O) groups is 1. The Morgan fingerprint density at radius 3 is 2.86 bits per heavy atom. The number of hydrogen-bond acceptors (Lipinski definition) is 4. The average molecular weight is 301 g/mol. The van der Waals surface area contributed by atoms with Gasteiger partial charge in [0.05, 0.1) is 11.2 Å². The monoisotopic (exact) mass is 301 g/mol. The van der Waals surface area contributed by atoms with Crippen LogP contribution in [0.3, 0.4) is 0 Å². The summed E-state index contributed by atoms with van der Waals surface area (Å²) >= 11 is 1.43. The third kappa shape index (κ3) is 2.53. The minimum absolute atomic E-state index is 0.0904. The molecule has 1 aromatic carbocycles. The Morgan fingerprint density at radius 1 is 1.38 bits per heavy atom. The van der Waals surface area contributed by atoms with E-state index in [1.54, 1.807) is 5.51 Å². The Balaban J connectivity index is 1.96. The van der Waals surface area contributed by atoms with Crippen LogP contribution in [0.5, 0.6) is 0 Å². The number of amides is 1. The zero-order chi connectivity index (χ0) is 15.0. The minimum Gasteiger partial charge on any atom is -0.372 e. The number of likely N-dealkylation sites (N-methyl/N-ethyl adjacent to an activating group) is 1. The van der Waals surface area contributed by atoms with Crippen LogP contribution in [0.15, 0.2) is 29.8 Å². The molecule has 1 atom stereocenters. The number of hydrogen-bond donors (Lipinski definition) is 0. The average Bonchev–Trinajstić information content (AvgIpc) is 2.85. The van der Waals surface area contributed by atoms with Gasteiger partial charge in [0.2, 0.25) is 0 Å². The molecule has 0 aliphatic carbocycles. The van der Waals surface area contributed by atoms with E-state index in [0.717, 1.165) is 17.1 Å². The second-order valence-corrected chi connectivity index (χ2v) is 6.41. The molecule has 0 saturated carbocycles. The fourth-order valence-corrected chi connectivity index (χ4v) is 3.62. The molecular weight excluding hydrogens is 282 g/mol. The molecule has 2 heterocycles. The number of thiazole rings is 1. The molecule has 0 radical (unpaired) electrons. The van der Waals surface area contributed by atoms with Gasteiger partial charge in [0, 0.05) is 31.9 Å². The number of aryl methyl sites for hydroxylation is 1. The summed E-state index contributed by atoms with van der Waals surface area (Å²) in [5.41, 5.74) is 4.97. The normalized spacial score (nSPS) is 18.3. The molecule has 3 rings (SSSR count). The Bertz CT molecular complexity index is 667. The Labute approximate surface area is 129 Å². The zero-order valence-corrected chi connectivity index (χ0v) is 13.4. The predicted octanol–water partition coefficient (Wildman–Crippen LogP) is 2.93. The van der Waals surface area contributed by atoms with E-state index in [2.05, 4.69) is 36.0 Å². The molecule has 0 saturated heterocycles. The van der Waals surface area contributed by atoms with Crippen molar-refractivity contribution in [2.24, 2.45) is 0 Å². The number of para-hydroxylation sites is 1. The van der Waals surface area contributed by atoms with Gasteiger partial charge in [-0.15, -0.1) is 11.3 Å². The Hall–Kier alpha value is -1.88. The Morgan fingerprint density at radius 2 is 2.14 bits per heavy atom. The van der Waals surface area contributed by atoms with E-state index >= 15 is 0 Å². The summed E-state index contributed by atoms with van der Waals surface area (Å²) in [6.07, 6.45) is 0. The molecule has 110 valence electrons. The molecule has 5 heteroatoms. The number of carbonyl (C=O) groups excluding carboxylic acids is 1. The van der Waals surface area contributed by atoms with Crippen LogP contribution in [-0.2, 0) is 6.54 Å². The van der Waals surface area contributed by atoms with Crippen LogP contribution in [0.2, 0.25) is 0 Å². The summed E-state index contributed by atoms with van der Waals surface area (Å²) in [6.45, 7) is 5.49.